The molecule has 1 aromatic carbocycles. The molecule has 6 heteroatoms. The number of rotatable bonds is 3. The number of benzene rings is 1. The van der Waals surface area contributed by atoms with Crippen molar-refractivity contribution >= 4 is 10.0 Å². The second-order valence-corrected chi connectivity index (χ2v) is 5.72. The molecule has 88 valence electrons. The number of sulfonamides is 1. The lowest BCUT2D eigenvalue weighted by atomic mass is 10.2. The minimum Gasteiger partial charge on any atom is -0.326 e. The van der Waals surface area contributed by atoms with E-state index >= 15 is 0 Å². The first-order valence-electron chi connectivity index (χ1n) is 4.94. The highest BCUT2D eigenvalue weighted by Gasteiger charge is 2.37. The highest BCUT2D eigenvalue weighted by atomic mass is 32.2. The van der Waals surface area contributed by atoms with Crippen LogP contribution in [0.5, 0.6) is 0 Å². The highest BCUT2D eigenvalue weighted by molar-refractivity contribution is 7.89. The van der Waals surface area contributed by atoms with E-state index in [4.69, 9.17) is 5.73 Å². The van der Waals surface area contributed by atoms with Crippen molar-refractivity contribution in [3.05, 3.63) is 29.6 Å². The topological polar surface area (TPSA) is 72.2 Å². The van der Waals surface area contributed by atoms with Gasteiger partial charge in [-0.05, 0) is 31.0 Å². The third kappa shape index (κ3) is 2.23. The van der Waals surface area contributed by atoms with E-state index in [9.17, 15) is 12.8 Å². The molecule has 1 saturated carbocycles. The zero-order chi connectivity index (χ0) is 11.9. The Kier molecular flexibility index (Phi) is 2.73. The van der Waals surface area contributed by atoms with Crippen LogP contribution in [0, 0.1) is 12.7 Å². The monoisotopic (exact) mass is 244 g/mol. The lowest BCUT2D eigenvalue weighted by molar-refractivity contribution is 0.575. The minimum absolute atomic E-state index is 0.0217. The SMILES string of the molecule is Cc1ccc(F)cc1S(=O)(=O)NC1CC1N. The summed E-state index contributed by atoms with van der Waals surface area (Å²) in [6.07, 6.45) is 0.633. The van der Waals surface area contributed by atoms with Gasteiger partial charge in [0.1, 0.15) is 5.82 Å². The summed E-state index contributed by atoms with van der Waals surface area (Å²) in [5, 5.41) is 0. The minimum atomic E-state index is -3.65. The van der Waals surface area contributed by atoms with E-state index in [-0.39, 0.29) is 17.0 Å². The van der Waals surface area contributed by atoms with Crippen LogP contribution in [-0.2, 0) is 10.0 Å². The zero-order valence-electron chi connectivity index (χ0n) is 8.77. The predicted octanol–water partition coefficient (Wildman–Crippen LogP) is 0.512. The molecular weight excluding hydrogens is 231 g/mol. The fourth-order valence-corrected chi connectivity index (χ4v) is 3.03. The van der Waals surface area contributed by atoms with E-state index < -0.39 is 15.8 Å². The Balaban J connectivity index is 2.31. The van der Waals surface area contributed by atoms with Gasteiger partial charge < -0.3 is 5.73 Å². The second kappa shape index (κ2) is 3.80. The number of hydrogen-bond donors (Lipinski definition) is 2. The van der Waals surface area contributed by atoms with Gasteiger partial charge in [-0.3, -0.25) is 0 Å². The molecule has 0 aromatic heterocycles. The van der Waals surface area contributed by atoms with E-state index in [1.54, 1.807) is 6.92 Å². The Morgan fingerprint density at radius 1 is 1.50 bits per heavy atom. The largest absolute Gasteiger partial charge is 0.326 e. The summed E-state index contributed by atoms with van der Waals surface area (Å²) < 4.78 is 39.2. The van der Waals surface area contributed by atoms with Gasteiger partial charge in [-0.2, -0.15) is 0 Å². The highest BCUT2D eigenvalue weighted by Crippen LogP contribution is 2.23. The quantitative estimate of drug-likeness (QED) is 0.814. The number of halogens is 1. The molecule has 0 aliphatic heterocycles. The predicted molar refractivity (Wildman–Crippen MR) is 57.8 cm³/mol. The zero-order valence-corrected chi connectivity index (χ0v) is 9.59. The number of nitrogens with two attached hydrogens (primary N) is 1. The molecular formula is C10H13FN2O2S. The van der Waals surface area contributed by atoms with E-state index in [1.807, 2.05) is 0 Å². The van der Waals surface area contributed by atoms with E-state index in [2.05, 4.69) is 4.72 Å². The van der Waals surface area contributed by atoms with Gasteiger partial charge >= 0.3 is 0 Å². The molecule has 0 saturated heterocycles. The van der Waals surface area contributed by atoms with Crippen molar-refractivity contribution in [2.75, 3.05) is 0 Å². The van der Waals surface area contributed by atoms with Crippen LogP contribution in [0.4, 0.5) is 4.39 Å². The van der Waals surface area contributed by atoms with Crippen LogP contribution in [0.2, 0.25) is 0 Å². The number of hydrogen-bond acceptors (Lipinski definition) is 3. The second-order valence-electron chi connectivity index (χ2n) is 4.04. The molecule has 2 rings (SSSR count). The van der Waals surface area contributed by atoms with Gasteiger partial charge in [-0.25, -0.2) is 17.5 Å². The van der Waals surface area contributed by atoms with Gasteiger partial charge in [0.05, 0.1) is 4.90 Å². The Hall–Kier alpha value is -0.980. The first kappa shape index (κ1) is 11.5. The van der Waals surface area contributed by atoms with Crippen molar-refractivity contribution < 1.29 is 12.8 Å². The van der Waals surface area contributed by atoms with Crippen molar-refractivity contribution in [2.45, 2.75) is 30.3 Å². The maximum absolute atomic E-state index is 13.0. The molecule has 2 unspecified atom stereocenters. The van der Waals surface area contributed by atoms with E-state index in [0.717, 1.165) is 6.07 Å². The maximum atomic E-state index is 13.0. The summed E-state index contributed by atoms with van der Waals surface area (Å²) >= 11 is 0. The maximum Gasteiger partial charge on any atom is 0.241 e. The van der Waals surface area contributed by atoms with Gasteiger partial charge in [0.2, 0.25) is 10.0 Å². The fourth-order valence-electron chi connectivity index (χ4n) is 1.48. The van der Waals surface area contributed by atoms with Gasteiger partial charge in [-0.15, -0.1) is 0 Å². The van der Waals surface area contributed by atoms with Crippen molar-refractivity contribution in [3.8, 4) is 0 Å². The van der Waals surface area contributed by atoms with Gasteiger partial charge in [0.25, 0.3) is 0 Å². The van der Waals surface area contributed by atoms with Gasteiger partial charge in [0.15, 0.2) is 0 Å². The van der Waals surface area contributed by atoms with Crippen LogP contribution in [-0.4, -0.2) is 20.5 Å². The van der Waals surface area contributed by atoms with Crippen LogP contribution in [0.15, 0.2) is 23.1 Å². The summed E-state index contributed by atoms with van der Waals surface area (Å²) in [6.45, 7) is 1.63. The molecule has 4 nitrogen and oxygen atoms in total. The summed E-state index contributed by atoms with van der Waals surface area (Å²) in [5.74, 6) is -0.564. The van der Waals surface area contributed by atoms with Gasteiger partial charge in [0, 0.05) is 12.1 Å². The standard InChI is InChI=1S/C10H13FN2O2S/c1-6-2-3-7(11)4-10(6)16(14,15)13-9-5-8(9)12/h2-4,8-9,13H,5,12H2,1H3. The Morgan fingerprint density at radius 3 is 2.69 bits per heavy atom. The third-order valence-corrected chi connectivity index (χ3v) is 4.22. The summed E-state index contributed by atoms with van der Waals surface area (Å²) in [5.41, 5.74) is 6.04. The van der Waals surface area contributed by atoms with Crippen molar-refractivity contribution in [1.29, 1.82) is 0 Å². The molecule has 1 fully saturated rings. The molecule has 2 atom stereocenters. The normalized spacial score (nSPS) is 24.4. The average Bonchev–Trinajstić information content (AvgIpc) is 2.85. The molecule has 0 bridgehead atoms. The van der Waals surface area contributed by atoms with E-state index in [1.165, 1.54) is 12.1 Å². The van der Waals surface area contributed by atoms with Crippen molar-refractivity contribution in [2.24, 2.45) is 5.73 Å². The third-order valence-electron chi connectivity index (χ3n) is 2.59. The van der Waals surface area contributed by atoms with Crippen LogP contribution in [0.25, 0.3) is 0 Å². The van der Waals surface area contributed by atoms with Crippen LogP contribution in [0.3, 0.4) is 0 Å². The van der Waals surface area contributed by atoms with Crippen molar-refractivity contribution in [3.63, 3.8) is 0 Å². The molecule has 1 aliphatic rings. The summed E-state index contributed by atoms with van der Waals surface area (Å²) in [7, 11) is -3.65. The summed E-state index contributed by atoms with van der Waals surface area (Å²) in [6, 6.07) is 3.36. The number of aryl methyl sites for hydroxylation is 1. The Morgan fingerprint density at radius 2 is 2.12 bits per heavy atom. The van der Waals surface area contributed by atoms with Crippen LogP contribution in [0.1, 0.15) is 12.0 Å². The van der Waals surface area contributed by atoms with Gasteiger partial charge in [-0.1, -0.05) is 6.07 Å². The fraction of sp³-hybridized carbons (Fsp3) is 0.400. The molecule has 0 spiro atoms. The van der Waals surface area contributed by atoms with Crippen molar-refractivity contribution in [1.82, 2.24) is 4.72 Å². The smallest absolute Gasteiger partial charge is 0.241 e. The van der Waals surface area contributed by atoms with Crippen LogP contribution < -0.4 is 10.5 Å². The molecule has 0 heterocycles. The molecule has 1 aliphatic carbocycles. The molecule has 3 N–H and O–H groups in total. The average molecular weight is 244 g/mol. The Labute approximate surface area is 93.7 Å². The molecule has 0 amide bonds. The van der Waals surface area contributed by atoms with E-state index in [0.29, 0.717) is 12.0 Å². The first-order valence-corrected chi connectivity index (χ1v) is 6.42. The van der Waals surface area contributed by atoms with Crippen LogP contribution >= 0.6 is 0 Å². The molecule has 0 radical (unpaired) electrons. The number of nitrogens with one attached hydrogen (secondary N) is 1. The first-order chi connectivity index (χ1) is 7.40. The molecule has 16 heavy (non-hydrogen) atoms. The summed E-state index contributed by atoms with van der Waals surface area (Å²) in [4.78, 5) is -0.0217. The lowest BCUT2D eigenvalue weighted by Crippen LogP contribution is -2.30. The lowest BCUT2D eigenvalue weighted by Gasteiger charge is -2.08. The molecule has 1 aromatic rings. The Bertz CT molecular complexity index is 516.